The second-order valence-corrected chi connectivity index (χ2v) is 5.24. The third-order valence-corrected chi connectivity index (χ3v) is 3.97. The number of nitro groups is 1. The van der Waals surface area contributed by atoms with E-state index in [-0.39, 0.29) is 17.8 Å². The lowest BCUT2D eigenvalue weighted by Crippen LogP contribution is -2.41. The van der Waals surface area contributed by atoms with Gasteiger partial charge in [0.2, 0.25) is 0 Å². The van der Waals surface area contributed by atoms with Crippen LogP contribution >= 0.6 is 0 Å². The molecule has 1 aromatic carbocycles. The highest BCUT2D eigenvalue weighted by atomic mass is 19.1. The van der Waals surface area contributed by atoms with Crippen LogP contribution in [0.3, 0.4) is 0 Å². The highest BCUT2D eigenvalue weighted by Crippen LogP contribution is 2.33. The number of hydrogen-bond donors (Lipinski definition) is 1. The molecule has 0 amide bonds. The summed E-state index contributed by atoms with van der Waals surface area (Å²) in [6.07, 6.45) is 3.60. The van der Waals surface area contributed by atoms with Gasteiger partial charge in [-0.05, 0) is 38.7 Å². The fourth-order valence-corrected chi connectivity index (χ4v) is 2.92. The number of halogens is 1. The molecule has 2 rings (SSSR count). The number of hydrogen-bond acceptors (Lipinski definition) is 4. The Balaban J connectivity index is 2.31. The van der Waals surface area contributed by atoms with E-state index in [1.54, 1.807) is 0 Å². The predicted molar refractivity (Wildman–Crippen MR) is 76.3 cm³/mol. The molecule has 0 heterocycles. The molecular formula is C14H20FN3O2. The van der Waals surface area contributed by atoms with E-state index in [1.165, 1.54) is 12.1 Å². The first kappa shape index (κ1) is 14.7. The van der Waals surface area contributed by atoms with Gasteiger partial charge < -0.3 is 10.6 Å². The molecule has 1 aliphatic rings. The fourth-order valence-electron chi connectivity index (χ4n) is 2.92. The lowest BCUT2D eigenvalue weighted by Gasteiger charge is -2.36. The number of nitrogens with zero attached hydrogens (tertiary/aromatic N) is 2. The third kappa shape index (κ3) is 3.07. The zero-order valence-corrected chi connectivity index (χ0v) is 11.6. The average Bonchev–Trinajstić information content (AvgIpc) is 2.41. The first-order valence-corrected chi connectivity index (χ1v) is 6.99. The maximum absolute atomic E-state index is 13.5. The van der Waals surface area contributed by atoms with Gasteiger partial charge in [0.1, 0.15) is 11.5 Å². The molecule has 5 nitrogen and oxygen atoms in total. The van der Waals surface area contributed by atoms with E-state index in [0.717, 1.165) is 31.7 Å². The van der Waals surface area contributed by atoms with Crippen LogP contribution in [0.15, 0.2) is 18.2 Å². The quantitative estimate of drug-likeness (QED) is 0.680. The summed E-state index contributed by atoms with van der Waals surface area (Å²) in [6, 6.07) is 4.04. The Labute approximate surface area is 117 Å². The number of anilines is 1. The summed E-state index contributed by atoms with van der Waals surface area (Å²) in [6.45, 7) is 2.55. The minimum Gasteiger partial charge on any atom is -0.363 e. The number of nitrogens with two attached hydrogens (primary N) is 1. The molecule has 1 aromatic rings. The van der Waals surface area contributed by atoms with Crippen LogP contribution in [0.1, 0.15) is 32.6 Å². The third-order valence-electron chi connectivity index (χ3n) is 3.97. The molecule has 0 radical (unpaired) electrons. The van der Waals surface area contributed by atoms with Gasteiger partial charge in [-0.3, -0.25) is 10.1 Å². The minimum absolute atomic E-state index is 0.0388. The van der Waals surface area contributed by atoms with E-state index in [2.05, 4.69) is 0 Å². The van der Waals surface area contributed by atoms with E-state index in [9.17, 15) is 14.5 Å². The van der Waals surface area contributed by atoms with Gasteiger partial charge in [-0.25, -0.2) is 4.39 Å². The van der Waals surface area contributed by atoms with Gasteiger partial charge in [-0.1, -0.05) is 0 Å². The second-order valence-electron chi connectivity index (χ2n) is 5.24. The van der Waals surface area contributed by atoms with Crippen LogP contribution in [-0.2, 0) is 0 Å². The molecule has 20 heavy (non-hydrogen) atoms. The van der Waals surface area contributed by atoms with Crippen LogP contribution in [-0.4, -0.2) is 23.6 Å². The van der Waals surface area contributed by atoms with Crippen molar-refractivity contribution in [1.82, 2.24) is 0 Å². The molecule has 2 N–H and O–H groups in total. The van der Waals surface area contributed by atoms with Crippen molar-refractivity contribution in [2.24, 2.45) is 5.73 Å². The van der Waals surface area contributed by atoms with Gasteiger partial charge in [0.05, 0.1) is 4.92 Å². The maximum Gasteiger partial charge on any atom is 0.292 e. The zero-order chi connectivity index (χ0) is 14.7. The molecule has 1 aliphatic carbocycles. The SMILES string of the molecule is CCN(c1cc(F)ccc1[N+](=O)[O-])C1CCC(N)CC1. The lowest BCUT2D eigenvalue weighted by molar-refractivity contribution is -0.384. The highest BCUT2D eigenvalue weighted by Gasteiger charge is 2.28. The number of nitro benzene ring substituents is 1. The molecule has 0 spiro atoms. The molecule has 110 valence electrons. The summed E-state index contributed by atoms with van der Waals surface area (Å²) < 4.78 is 13.5. The largest absolute Gasteiger partial charge is 0.363 e. The molecule has 0 atom stereocenters. The molecule has 1 saturated carbocycles. The number of rotatable bonds is 4. The summed E-state index contributed by atoms with van der Waals surface area (Å²) in [5, 5.41) is 11.1. The van der Waals surface area contributed by atoms with Crippen molar-refractivity contribution in [2.45, 2.75) is 44.7 Å². The molecule has 6 heteroatoms. The van der Waals surface area contributed by atoms with Crippen LogP contribution in [0.25, 0.3) is 0 Å². The van der Waals surface area contributed by atoms with Gasteiger partial charge in [-0.2, -0.15) is 0 Å². The summed E-state index contributed by atoms with van der Waals surface area (Å²) >= 11 is 0. The van der Waals surface area contributed by atoms with Gasteiger partial charge in [0.25, 0.3) is 5.69 Å². The van der Waals surface area contributed by atoms with E-state index < -0.39 is 10.7 Å². The highest BCUT2D eigenvalue weighted by molar-refractivity contribution is 5.63. The molecule has 0 unspecified atom stereocenters. The van der Waals surface area contributed by atoms with Gasteiger partial charge in [0.15, 0.2) is 0 Å². The Morgan fingerprint density at radius 3 is 2.60 bits per heavy atom. The van der Waals surface area contributed by atoms with Crippen LogP contribution in [0.4, 0.5) is 15.8 Å². The first-order chi connectivity index (χ1) is 9.52. The number of benzene rings is 1. The molecule has 0 aliphatic heterocycles. The van der Waals surface area contributed by atoms with Crippen molar-refractivity contribution in [2.75, 3.05) is 11.4 Å². The maximum atomic E-state index is 13.5. The smallest absolute Gasteiger partial charge is 0.292 e. The van der Waals surface area contributed by atoms with E-state index in [0.29, 0.717) is 12.2 Å². The van der Waals surface area contributed by atoms with Crippen LogP contribution in [0.2, 0.25) is 0 Å². The zero-order valence-electron chi connectivity index (χ0n) is 11.6. The van der Waals surface area contributed by atoms with Crippen molar-refractivity contribution >= 4 is 11.4 Å². The summed E-state index contributed by atoms with van der Waals surface area (Å²) in [4.78, 5) is 12.6. The van der Waals surface area contributed by atoms with Gasteiger partial charge >= 0.3 is 0 Å². The predicted octanol–water partition coefficient (Wildman–Crippen LogP) is 2.83. The molecule has 0 bridgehead atoms. The molecular weight excluding hydrogens is 261 g/mol. The average molecular weight is 281 g/mol. The van der Waals surface area contributed by atoms with E-state index in [1.807, 2.05) is 11.8 Å². The van der Waals surface area contributed by atoms with Crippen molar-refractivity contribution in [3.05, 3.63) is 34.1 Å². The minimum atomic E-state index is -0.452. The summed E-state index contributed by atoms with van der Waals surface area (Å²) in [5.74, 6) is -0.448. The van der Waals surface area contributed by atoms with Crippen molar-refractivity contribution in [3.8, 4) is 0 Å². The Bertz CT molecular complexity index is 487. The monoisotopic (exact) mass is 281 g/mol. The Morgan fingerprint density at radius 1 is 1.40 bits per heavy atom. The van der Waals surface area contributed by atoms with Gasteiger partial charge in [-0.15, -0.1) is 0 Å². The van der Waals surface area contributed by atoms with Crippen LogP contribution in [0, 0.1) is 15.9 Å². The van der Waals surface area contributed by atoms with Crippen LogP contribution < -0.4 is 10.6 Å². The lowest BCUT2D eigenvalue weighted by atomic mass is 9.90. The molecule has 0 saturated heterocycles. The summed E-state index contributed by atoms with van der Waals surface area (Å²) in [7, 11) is 0. The fraction of sp³-hybridized carbons (Fsp3) is 0.571. The Morgan fingerprint density at radius 2 is 2.05 bits per heavy atom. The molecule has 0 aromatic heterocycles. The van der Waals surface area contributed by atoms with Crippen molar-refractivity contribution in [1.29, 1.82) is 0 Å². The van der Waals surface area contributed by atoms with Crippen LogP contribution in [0.5, 0.6) is 0 Å². The topological polar surface area (TPSA) is 72.4 Å². The van der Waals surface area contributed by atoms with Gasteiger partial charge in [0, 0.05) is 30.8 Å². The van der Waals surface area contributed by atoms with Crippen molar-refractivity contribution < 1.29 is 9.31 Å². The Kier molecular flexibility index (Phi) is 4.54. The van der Waals surface area contributed by atoms with E-state index in [4.69, 9.17) is 5.73 Å². The van der Waals surface area contributed by atoms with Crippen molar-refractivity contribution in [3.63, 3.8) is 0 Å². The normalized spacial score (nSPS) is 22.6. The van der Waals surface area contributed by atoms with E-state index >= 15 is 0 Å². The molecule has 1 fully saturated rings. The summed E-state index contributed by atoms with van der Waals surface area (Å²) in [5.41, 5.74) is 6.23. The second kappa shape index (κ2) is 6.17. The Hall–Kier alpha value is -1.69. The standard InChI is InChI=1S/C14H20FN3O2/c1-2-17(12-6-4-11(16)5-7-12)14-9-10(15)3-8-13(14)18(19)20/h3,8-9,11-12H,2,4-7,16H2,1H3. The first-order valence-electron chi connectivity index (χ1n) is 6.99.